The van der Waals surface area contributed by atoms with E-state index in [0.717, 1.165) is 31.4 Å². The van der Waals surface area contributed by atoms with E-state index in [1.807, 2.05) is 54.6 Å². The Bertz CT molecular complexity index is 734. The van der Waals surface area contributed by atoms with Crippen molar-refractivity contribution in [1.82, 2.24) is 0 Å². The molecule has 0 amide bonds. The van der Waals surface area contributed by atoms with Gasteiger partial charge in [-0.15, -0.1) is 0 Å². The number of benzene rings is 2. The fourth-order valence-electron chi connectivity index (χ4n) is 3.28. The Morgan fingerprint density at radius 3 is 1.91 bits per heavy atom. The summed E-state index contributed by atoms with van der Waals surface area (Å²) in [5, 5.41) is 0. The van der Waals surface area contributed by atoms with Crippen LogP contribution < -0.4 is 9.47 Å². The highest BCUT2D eigenvalue weighted by Crippen LogP contribution is 2.26. The quantitative estimate of drug-likeness (QED) is 0.327. The van der Waals surface area contributed by atoms with Gasteiger partial charge in [-0.2, -0.15) is 0 Å². The molecule has 3 rings (SSSR count). The maximum Gasteiger partial charge on any atom is 0.161 e. The van der Waals surface area contributed by atoms with Gasteiger partial charge in [-0.05, 0) is 37.0 Å². The lowest BCUT2D eigenvalue weighted by molar-refractivity contribution is -0.169. The molecule has 0 radical (unpaired) electrons. The van der Waals surface area contributed by atoms with E-state index in [0.29, 0.717) is 71.0 Å². The predicted molar refractivity (Wildman–Crippen MR) is 125 cm³/mol. The maximum atomic E-state index is 5.81. The summed E-state index contributed by atoms with van der Waals surface area (Å²) in [5.74, 6) is 1.39. The Morgan fingerprint density at radius 1 is 0.636 bits per heavy atom. The molecule has 1 aliphatic rings. The molecule has 0 aliphatic carbocycles. The van der Waals surface area contributed by atoms with E-state index in [1.165, 1.54) is 0 Å². The van der Waals surface area contributed by atoms with Crippen LogP contribution in [0.25, 0.3) is 0 Å². The van der Waals surface area contributed by atoms with Gasteiger partial charge in [0, 0.05) is 6.61 Å². The molecule has 2 aromatic rings. The molecular weight excluding hydrogens is 424 g/mol. The molecule has 0 N–H and O–H groups in total. The van der Waals surface area contributed by atoms with Crippen LogP contribution in [0.4, 0.5) is 0 Å². The molecule has 1 aliphatic heterocycles. The first-order valence-electron chi connectivity index (χ1n) is 11.8. The summed E-state index contributed by atoms with van der Waals surface area (Å²) in [5.41, 5.74) is 1.16. The van der Waals surface area contributed by atoms with Crippen molar-refractivity contribution in [2.75, 3.05) is 59.5 Å². The minimum Gasteiger partial charge on any atom is -0.487 e. The lowest BCUT2D eigenvalue weighted by Crippen LogP contribution is -2.24. The van der Waals surface area contributed by atoms with Crippen LogP contribution in [-0.2, 0) is 30.3 Å². The molecule has 1 fully saturated rings. The van der Waals surface area contributed by atoms with Gasteiger partial charge >= 0.3 is 0 Å². The van der Waals surface area contributed by atoms with Gasteiger partial charge < -0.3 is 33.2 Å². The second kappa shape index (κ2) is 16.5. The van der Waals surface area contributed by atoms with Gasteiger partial charge in [0.05, 0.1) is 46.2 Å². The highest BCUT2D eigenvalue weighted by Gasteiger charge is 2.13. The topological polar surface area (TPSA) is 64.6 Å². The standard InChI is InChI=1S/C26H36O7/c1-2-8-23(9-3-1)22-29-15-14-27-16-19-30-24-10-4-5-11-25(24)31-20-17-28-18-21-33-26-12-6-7-13-32-26/h1-5,8-11,26H,6-7,12-22H2. The van der Waals surface area contributed by atoms with Crippen molar-refractivity contribution in [3.63, 3.8) is 0 Å². The summed E-state index contributed by atoms with van der Waals surface area (Å²) >= 11 is 0. The van der Waals surface area contributed by atoms with Crippen LogP contribution in [0.15, 0.2) is 54.6 Å². The summed E-state index contributed by atoms with van der Waals surface area (Å²) < 4.78 is 39.6. The van der Waals surface area contributed by atoms with Gasteiger partial charge in [0.15, 0.2) is 17.8 Å². The zero-order valence-corrected chi connectivity index (χ0v) is 19.3. The molecule has 1 unspecified atom stereocenters. The van der Waals surface area contributed by atoms with Crippen molar-refractivity contribution in [2.45, 2.75) is 32.2 Å². The normalized spacial score (nSPS) is 15.9. The summed E-state index contributed by atoms with van der Waals surface area (Å²) in [6.07, 6.45) is 3.17. The Labute approximate surface area is 196 Å². The smallest absolute Gasteiger partial charge is 0.161 e. The lowest BCUT2D eigenvalue weighted by Gasteiger charge is -2.22. The van der Waals surface area contributed by atoms with Crippen LogP contribution in [0.1, 0.15) is 24.8 Å². The van der Waals surface area contributed by atoms with Crippen molar-refractivity contribution in [2.24, 2.45) is 0 Å². The summed E-state index contributed by atoms with van der Waals surface area (Å²) in [4.78, 5) is 0. The Balaban J connectivity index is 1.18. The van der Waals surface area contributed by atoms with Crippen LogP contribution in [0.3, 0.4) is 0 Å². The molecule has 0 bridgehead atoms. The predicted octanol–water partition coefficient (Wildman–Crippen LogP) is 4.24. The monoisotopic (exact) mass is 460 g/mol. The van der Waals surface area contributed by atoms with Crippen LogP contribution in [0, 0.1) is 0 Å². The summed E-state index contributed by atoms with van der Waals surface area (Å²) in [6.45, 7) is 5.36. The van der Waals surface area contributed by atoms with E-state index in [4.69, 9.17) is 33.2 Å². The SMILES string of the molecule is c1ccc(COCCOCCOc2ccccc2OCCOCCOC2CCCCO2)cc1. The fraction of sp³-hybridized carbons (Fsp3) is 0.538. The minimum atomic E-state index is -0.0755. The van der Waals surface area contributed by atoms with Gasteiger partial charge in [0.1, 0.15) is 13.2 Å². The number of rotatable bonds is 17. The highest BCUT2D eigenvalue weighted by molar-refractivity contribution is 5.39. The molecule has 0 aromatic heterocycles. The Hall–Kier alpha value is -2.16. The van der Waals surface area contributed by atoms with Gasteiger partial charge in [0.2, 0.25) is 0 Å². The summed E-state index contributed by atoms with van der Waals surface area (Å²) in [7, 11) is 0. The van der Waals surface area contributed by atoms with E-state index in [-0.39, 0.29) is 6.29 Å². The molecule has 33 heavy (non-hydrogen) atoms. The van der Waals surface area contributed by atoms with Crippen molar-refractivity contribution >= 4 is 0 Å². The molecule has 2 aromatic carbocycles. The maximum absolute atomic E-state index is 5.81. The fourth-order valence-corrected chi connectivity index (χ4v) is 3.28. The first kappa shape index (κ1) is 25.5. The molecule has 7 nitrogen and oxygen atoms in total. The third kappa shape index (κ3) is 11.0. The van der Waals surface area contributed by atoms with E-state index in [1.54, 1.807) is 0 Å². The second-order valence-corrected chi connectivity index (χ2v) is 7.57. The first-order valence-corrected chi connectivity index (χ1v) is 11.8. The van der Waals surface area contributed by atoms with E-state index in [9.17, 15) is 0 Å². The molecule has 0 saturated carbocycles. The zero-order valence-electron chi connectivity index (χ0n) is 19.3. The number of ether oxygens (including phenoxy) is 7. The van der Waals surface area contributed by atoms with Gasteiger partial charge in [0.25, 0.3) is 0 Å². The average molecular weight is 461 g/mol. The van der Waals surface area contributed by atoms with Gasteiger partial charge in [-0.3, -0.25) is 0 Å². The van der Waals surface area contributed by atoms with Crippen molar-refractivity contribution in [3.8, 4) is 11.5 Å². The third-order valence-corrected chi connectivity index (χ3v) is 4.97. The second-order valence-electron chi connectivity index (χ2n) is 7.57. The van der Waals surface area contributed by atoms with Crippen LogP contribution in [-0.4, -0.2) is 65.8 Å². The lowest BCUT2D eigenvalue weighted by atomic mass is 10.2. The van der Waals surface area contributed by atoms with E-state index < -0.39 is 0 Å². The highest BCUT2D eigenvalue weighted by atomic mass is 16.7. The van der Waals surface area contributed by atoms with E-state index in [2.05, 4.69) is 0 Å². The molecule has 1 heterocycles. The largest absolute Gasteiger partial charge is 0.487 e. The van der Waals surface area contributed by atoms with E-state index >= 15 is 0 Å². The van der Waals surface area contributed by atoms with Crippen molar-refractivity contribution < 1.29 is 33.2 Å². The molecular formula is C26H36O7. The van der Waals surface area contributed by atoms with Crippen molar-refractivity contribution in [1.29, 1.82) is 0 Å². The average Bonchev–Trinajstić information content (AvgIpc) is 2.87. The number of hydrogen-bond donors (Lipinski definition) is 0. The van der Waals surface area contributed by atoms with Gasteiger partial charge in [-0.1, -0.05) is 42.5 Å². The molecule has 0 spiro atoms. The Kier molecular flexibility index (Phi) is 12.7. The first-order chi connectivity index (χ1) is 16.4. The zero-order chi connectivity index (χ0) is 22.8. The molecule has 182 valence electrons. The third-order valence-electron chi connectivity index (χ3n) is 4.97. The molecule has 7 heteroatoms. The number of hydrogen-bond acceptors (Lipinski definition) is 7. The van der Waals surface area contributed by atoms with Crippen molar-refractivity contribution in [3.05, 3.63) is 60.2 Å². The van der Waals surface area contributed by atoms with Crippen LogP contribution in [0.2, 0.25) is 0 Å². The molecule has 1 atom stereocenters. The summed E-state index contributed by atoms with van der Waals surface area (Å²) in [6, 6.07) is 17.7. The van der Waals surface area contributed by atoms with Crippen LogP contribution >= 0.6 is 0 Å². The number of para-hydroxylation sites is 2. The van der Waals surface area contributed by atoms with Crippen LogP contribution in [0.5, 0.6) is 11.5 Å². The Morgan fingerprint density at radius 2 is 1.24 bits per heavy atom. The molecule has 1 saturated heterocycles. The minimum absolute atomic E-state index is 0.0755. The van der Waals surface area contributed by atoms with Gasteiger partial charge in [-0.25, -0.2) is 0 Å².